The van der Waals surface area contributed by atoms with Crippen LogP contribution in [0.1, 0.15) is 94.5 Å². The molecule has 48 heavy (non-hydrogen) atoms. The second-order valence-corrected chi connectivity index (χ2v) is 13.3. The quantitative estimate of drug-likeness (QED) is 0.134. The van der Waals surface area contributed by atoms with Crippen molar-refractivity contribution in [3.05, 3.63) is 89.0 Å². The minimum atomic E-state index is -1.05. The molecule has 2 atom stereocenters. The maximum absolute atomic E-state index is 14.8. The van der Waals surface area contributed by atoms with Gasteiger partial charge in [-0.05, 0) is 99.7 Å². The lowest BCUT2D eigenvalue weighted by atomic mass is 9.97. The lowest BCUT2D eigenvalue weighted by molar-refractivity contribution is -0.140. The maximum Gasteiger partial charge on any atom is 0.408 e. The molecular formula is C39H53N3O6. The van der Waals surface area contributed by atoms with Crippen molar-refractivity contribution in [3.63, 3.8) is 0 Å². The molecule has 2 unspecified atom stereocenters. The predicted octanol–water partition coefficient (Wildman–Crippen LogP) is 8.02. The summed E-state index contributed by atoms with van der Waals surface area (Å²) in [5.41, 5.74) is 3.24. The van der Waals surface area contributed by atoms with Gasteiger partial charge in [0.05, 0.1) is 7.11 Å². The third-order valence-corrected chi connectivity index (χ3v) is 8.17. The molecule has 3 amide bonds. The van der Waals surface area contributed by atoms with Crippen molar-refractivity contribution in [1.29, 1.82) is 0 Å². The average molecular weight is 660 g/mol. The van der Waals surface area contributed by atoms with E-state index in [4.69, 9.17) is 9.47 Å². The van der Waals surface area contributed by atoms with Gasteiger partial charge in [-0.25, -0.2) is 4.79 Å². The summed E-state index contributed by atoms with van der Waals surface area (Å²) in [7, 11) is 1.58. The molecule has 9 heteroatoms. The summed E-state index contributed by atoms with van der Waals surface area (Å²) in [6.07, 6.45) is 5.38. The fourth-order valence-corrected chi connectivity index (χ4v) is 5.44. The van der Waals surface area contributed by atoms with E-state index in [1.807, 2.05) is 32.0 Å². The van der Waals surface area contributed by atoms with Crippen molar-refractivity contribution in [1.82, 2.24) is 10.2 Å². The first-order valence-electron chi connectivity index (χ1n) is 16.9. The van der Waals surface area contributed by atoms with E-state index in [0.717, 1.165) is 48.8 Å². The zero-order valence-corrected chi connectivity index (χ0v) is 29.6. The molecule has 3 aromatic rings. The SMILES string of the molecule is CCCCCCCCN(C(=O)C(Cc1ccc(O)cc1)NC(=O)OC(C)(C)C)C(C(=O)Nc1ccc(OC)cc1)c1ccc(C)c(C)c1. The minimum absolute atomic E-state index is 0.0939. The molecule has 260 valence electrons. The Labute approximate surface area is 286 Å². The van der Waals surface area contributed by atoms with Gasteiger partial charge in [-0.1, -0.05) is 69.4 Å². The number of nitrogens with zero attached hydrogens (tertiary/aromatic N) is 1. The monoisotopic (exact) mass is 659 g/mol. The standard InChI is InChI=1S/C39H53N3O6/c1-8-9-10-11-12-13-24-42(37(45)34(41-38(46)48-39(4,5)6)26-29-15-20-32(43)21-16-29)35(30-17-14-27(2)28(3)25-30)36(44)40-31-18-22-33(47-7)23-19-31/h14-23,25,34-35,43H,8-13,24,26H2,1-7H3,(H,40,44)(H,41,46). The molecule has 0 spiro atoms. The molecule has 9 nitrogen and oxygen atoms in total. The number of hydrogen-bond acceptors (Lipinski definition) is 6. The topological polar surface area (TPSA) is 117 Å². The van der Waals surface area contributed by atoms with Crippen LogP contribution in [-0.4, -0.2) is 53.2 Å². The number of carbonyl (C=O) groups is 3. The van der Waals surface area contributed by atoms with Gasteiger partial charge in [0, 0.05) is 18.7 Å². The Morgan fingerprint density at radius 2 is 1.50 bits per heavy atom. The number of phenols is 1. The lowest BCUT2D eigenvalue weighted by Gasteiger charge is -2.35. The molecule has 0 aromatic heterocycles. The smallest absolute Gasteiger partial charge is 0.408 e. The molecule has 3 aromatic carbocycles. The van der Waals surface area contributed by atoms with Crippen LogP contribution in [0.3, 0.4) is 0 Å². The van der Waals surface area contributed by atoms with Crippen LogP contribution in [-0.2, 0) is 20.7 Å². The molecule has 0 saturated heterocycles. The average Bonchev–Trinajstić information content (AvgIpc) is 3.03. The van der Waals surface area contributed by atoms with E-state index < -0.39 is 29.7 Å². The first-order valence-corrected chi connectivity index (χ1v) is 16.9. The highest BCUT2D eigenvalue weighted by Crippen LogP contribution is 2.28. The number of aryl methyl sites for hydroxylation is 2. The number of rotatable bonds is 16. The van der Waals surface area contributed by atoms with Gasteiger partial charge in [0.2, 0.25) is 5.91 Å². The molecule has 0 saturated carbocycles. The Morgan fingerprint density at radius 3 is 2.10 bits per heavy atom. The number of benzene rings is 3. The first kappa shape index (κ1) is 37.9. The largest absolute Gasteiger partial charge is 0.508 e. The number of nitrogens with one attached hydrogen (secondary N) is 2. The summed E-state index contributed by atoms with van der Waals surface area (Å²) >= 11 is 0. The molecule has 0 aliphatic rings. The number of phenolic OH excluding ortho intramolecular Hbond substituents is 1. The molecule has 0 aliphatic carbocycles. The number of amides is 3. The summed E-state index contributed by atoms with van der Waals surface area (Å²) in [6.45, 7) is 11.7. The number of hydrogen-bond donors (Lipinski definition) is 3. The summed E-state index contributed by atoms with van der Waals surface area (Å²) in [5, 5.41) is 15.7. The van der Waals surface area contributed by atoms with Gasteiger partial charge in [0.1, 0.15) is 29.2 Å². The highest BCUT2D eigenvalue weighted by molar-refractivity contribution is 5.99. The van der Waals surface area contributed by atoms with Crippen LogP contribution >= 0.6 is 0 Å². The van der Waals surface area contributed by atoms with E-state index >= 15 is 0 Å². The van der Waals surface area contributed by atoms with Crippen LogP contribution < -0.4 is 15.4 Å². The van der Waals surface area contributed by atoms with E-state index in [1.54, 1.807) is 81.3 Å². The highest BCUT2D eigenvalue weighted by Gasteiger charge is 2.36. The molecule has 0 aliphatic heterocycles. The minimum Gasteiger partial charge on any atom is -0.508 e. The van der Waals surface area contributed by atoms with E-state index in [0.29, 0.717) is 30.0 Å². The molecule has 0 bridgehead atoms. The highest BCUT2D eigenvalue weighted by atomic mass is 16.6. The van der Waals surface area contributed by atoms with Gasteiger partial charge in [-0.3, -0.25) is 9.59 Å². The molecule has 3 rings (SSSR count). The van der Waals surface area contributed by atoms with Gasteiger partial charge in [0.25, 0.3) is 5.91 Å². The molecule has 0 radical (unpaired) electrons. The lowest BCUT2D eigenvalue weighted by Crippen LogP contribution is -2.53. The third-order valence-electron chi connectivity index (χ3n) is 8.17. The Morgan fingerprint density at radius 1 is 0.854 bits per heavy atom. The third kappa shape index (κ3) is 11.9. The molecule has 0 heterocycles. The van der Waals surface area contributed by atoms with Crippen LogP contribution in [0.4, 0.5) is 10.5 Å². The van der Waals surface area contributed by atoms with E-state index in [2.05, 4.69) is 17.6 Å². The van der Waals surface area contributed by atoms with Gasteiger partial charge in [0.15, 0.2) is 0 Å². The second-order valence-electron chi connectivity index (χ2n) is 13.3. The van der Waals surface area contributed by atoms with Crippen molar-refractivity contribution in [3.8, 4) is 11.5 Å². The van der Waals surface area contributed by atoms with E-state index in [9.17, 15) is 19.5 Å². The second kappa shape index (κ2) is 18.1. The van der Waals surface area contributed by atoms with E-state index in [-0.39, 0.29) is 18.1 Å². The number of ether oxygens (including phenoxy) is 2. The van der Waals surface area contributed by atoms with Crippen LogP contribution in [0.5, 0.6) is 11.5 Å². The summed E-state index contributed by atoms with van der Waals surface area (Å²) in [5.74, 6) is -0.0284. The first-order chi connectivity index (χ1) is 22.8. The van der Waals surface area contributed by atoms with Crippen molar-refractivity contribution in [2.24, 2.45) is 0 Å². The zero-order chi connectivity index (χ0) is 35.3. The fraction of sp³-hybridized carbons (Fsp3) is 0.462. The van der Waals surface area contributed by atoms with Crippen LogP contribution in [0.15, 0.2) is 66.7 Å². The fourth-order valence-electron chi connectivity index (χ4n) is 5.44. The Bertz CT molecular complexity index is 1480. The van der Waals surface area contributed by atoms with Crippen molar-refractivity contribution < 1.29 is 29.0 Å². The molecule has 3 N–H and O–H groups in total. The van der Waals surface area contributed by atoms with Gasteiger partial charge >= 0.3 is 6.09 Å². The normalized spacial score (nSPS) is 12.5. The van der Waals surface area contributed by atoms with Gasteiger partial charge in [-0.15, -0.1) is 0 Å². The zero-order valence-electron chi connectivity index (χ0n) is 29.6. The number of alkyl carbamates (subject to hydrolysis) is 1. The predicted molar refractivity (Wildman–Crippen MR) is 190 cm³/mol. The summed E-state index contributed by atoms with van der Waals surface area (Å²) in [4.78, 5) is 43.9. The van der Waals surface area contributed by atoms with E-state index in [1.165, 1.54) is 0 Å². The number of carbonyl (C=O) groups excluding carboxylic acids is 3. The van der Waals surface area contributed by atoms with Crippen LogP contribution in [0, 0.1) is 13.8 Å². The van der Waals surface area contributed by atoms with Crippen LogP contribution in [0.25, 0.3) is 0 Å². The molecular weight excluding hydrogens is 606 g/mol. The van der Waals surface area contributed by atoms with Crippen molar-refractivity contribution >= 4 is 23.6 Å². The number of aromatic hydroxyl groups is 1. The summed E-state index contributed by atoms with van der Waals surface area (Å²) < 4.78 is 10.8. The number of anilines is 1. The van der Waals surface area contributed by atoms with Crippen LogP contribution in [0.2, 0.25) is 0 Å². The van der Waals surface area contributed by atoms with Crippen molar-refractivity contribution in [2.45, 2.75) is 104 Å². The van der Waals surface area contributed by atoms with Gasteiger partial charge < -0.3 is 30.1 Å². The molecule has 0 fully saturated rings. The number of methoxy groups -OCH3 is 1. The Balaban J connectivity index is 2.07. The van der Waals surface area contributed by atoms with Gasteiger partial charge in [-0.2, -0.15) is 0 Å². The number of unbranched alkanes of at least 4 members (excludes halogenated alkanes) is 5. The summed E-state index contributed by atoms with van der Waals surface area (Å²) in [6, 6.07) is 17.3. The maximum atomic E-state index is 14.8. The Kier molecular flexibility index (Phi) is 14.3. The van der Waals surface area contributed by atoms with Crippen molar-refractivity contribution in [2.75, 3.05) is 19.0 Å². The Hall–Kier alpha value is -4.53.